The van der Waals surface area contributed by atoms with Crippen molar-refractivity contribution in [3.05, 3.63) is 65.6 Å². The van der Waals surface area contributed by atoms with Crippen molar-refractivity contribution in [2.45, 2.75) is 26.4 Å². The zero-order valence-electron chi connectivity index (χ0n) is 17.3. The number of rotatable bonds is 9. The number of imide groups is 1. The van der Waals surface area contributed by atoms with Crippen molar-refractivity contribution < 1.29 is 23.5 Å². The van der Waals surface area contributed by atoms with Crippen LogP contribution in [0.25, 0.3) is 5.57 Å². The summed E-state index contributed by atoms with van der Waals surface area (Å²) >= 11 is 0. The minimum absolute atomic E-state index is 0.0717. The lowest BCUT2D eigenvalue weighted by Gasteiger charge is -2.16. The predicted molar refractivity (Wildman–Crippen MR) is 112 cm³/mol. The number of amides is 2. The third-order valence-corrected chi connectivity index (χ3v) is 4.62. The minimum atomic E-state index is -0.463. The van der Waals surface area contributed by atoms with Crippen LogP contribution in [0.4, 0.5) is 10.1 Å². The molecule has 0 radical (unpaired) electrons. The first-order valence-electron chi connectivity index (χ1n) is 9.80. The Bertz CT molecular complexity index is 971. The lowest BCUT2D eigenvalue weighted by atomic mass is 10.0. The second-order valence-corrected chi connectivity index (χ2v) is 7.12. The number of hydrogen-bond acceptors (Lipinski definition) is 5. The van der Waals surface area contributed by atoms with Gasteiger partial charge in [0.25, 0.3) is 11.8 Å². The van der Waals surface area contributed by atoms with Crippen LogP contribution in [-0.4, -0.2) is 43.1 Å². The Morgan fingerprint density at radius 3 is 2.53 bits per heavy atom. The summed E-state index contributed by atoms with van der Waals surface area (Å²) in [5.74, 6) is -0.862. The Labute approximate surface area is 175 Å². The van der Waals surface area contributed by atoms with Gasteiger partial charge in [0.15, 0.2) is 0 Å². The molecule has 30 heavy (non-hydrogen) atoms. The van der Waals surface area contributed by atoms with Gasteiger partial charge in [-0.05, 0) is 44.5 Å². The fourth-order valence-corrected chi connectivity index (χ4v) is 3.25. The standard InChI is InChI=1S/C23H25FN2O4/c1-15(2)30-13-7-12-26-22(27)20(18-10-4-5-11-19(18)29-3)21(23(26)28)25-17-9-6-8-16(24)14-17/h4-6,8-11,14-15,25H,7,12-13H2,1-3H3. The molecule has 0 spiro atoms. The molecule has 2 aromatic rings. The molecule has 1 N–H and O–H groups in total. The molecular weight excluding hydrogens is 387 g/mol. The lowest BCUT2D eigenvalue weighted by molar-refractivity contribution is -0.137. The van der Waals surface area contributed by atoms with Crippen LogP contribution in [-0.2, 0) is 14.3 Å². The number of carbonyl (C=O) groups is 2. The van der Waals surface area contributed by atoms with Crippen LogP contribution in [0, 0.1) is 5.82 Å². The molecule has 0 unspecified atom stereocenters. The number of hydrogen-bond donors (Lipinski definition) is 1. The predicted octanol–water partition coefficient (Wildman–Crippen LogP) is 3.84. The Balaban J connectivity index is 1.95. The van der Waals surface area contributed by atoms with Crippen molar-refractivity contribution in [2.75, 3.05) is 25.6 Å². The van der Waals surface area contributed by atoms with Crippen LogP contribution >= 0.6 is 0 Å². The van der Waals surface area contributed by atoms with Crippen molar-refractivity contribution in [1.82, 2.24) is 4.90 Å². The van der Waals surface area contributed by atoms with Crippen LogP contribution in [0.15, 0.2) is 54.2 Å². The van der Waals surface area contributed by atoms with Gasteiger partial charge in [-0.3, -0.25) is 14.5 Å². The number of para-hydroxylation sites is 1. The van der Waals surface area contributed by atoms with E-state index in [9.17, 15) is 14.0 Å². The van der Waals surface area contributed by atoms with Gasteiger partial charge < -0.3 is 14.8 Å². The van der Waals surface area contributed by atoms with E-state index >= 15 is 0 Å². The largest absolute Gasteiger partial charge is 0.496 e. The average Bonchev–Trinajstić information content (AvgIpc) is 2.94. The highest BCUT2D eigenvalue weighted by molar-refractivity contribution is 6.37. The van der Waals surface area contributed by atoms with Gasteiger partial charge in [-0.1, -0.05) is 24.3 Å². The topological polar surface area (TPSA) is 67.9 Å². The third kappa shape index (κ3) is 4.68. The van der Waals surface area contributed by atoms with Crippen molar-refractivity contribution in [1.29, 1.82) is 0 Å². The monoisotopic (exact) mass is 412 g/mol. The Morgan fingerprint density at radius 1 is 1.07 bits per heavy atom. The van der Waals surface area contributed by atoms with Crippen LogP contribution < -0.4 is 10.1 Å². The number of methoxy groups -OCH3 is 1. The molecule has 0 bridgehead atoms. The molecule has 6 nitrogen and oxygen atoms in total. The summed E-state index contributed by atoms with van der Waals surface area (Å²) in [6, 6.07) is 12.7. The van der Waals surface area contributed by atoms with Crippen molar-refractivity contribution in [3.8, 4) is 5.75 Å². The second-order valence-electron chi connectivity index (χ2n) is 7.12. The van der Waals surface area contributed by atoms with Crippen LogP contribution in [0.5, 0.6) is 5.75 Å². The zero-order chi connectivity index (χ0) is 21.7. The molecule has 1 heterocycles. The average molecular weight is 412 g/mol. The third-order valence-electron chi connectivity index (χ3n) is 4.62. The van der Waals surface area contributed by atoms with Crippen molar-refractivity contribution in [3.63, 3.8) is 0 Å². The van der Waals surface area contributed by atoms with Gasteiger partial charge in [0.1, 0.15) is 17.3 Å². The minimum Gasteiger partial charge on any atom is -0.496 e. The molecular formula is C23H25FN2O4. The Morgan fingerprint density at radius 2 is 1.83 bits per heavy atom. The SMILES string of the molecule is COc1ccccc1C1=C(Nc2cccc(F)c2)C(=O)N(CCCOC(C)C)C1=O. The molecule has 0 saturated carbocycles. The molecule has 0 atom stereocenters. The maximum absolute atomic E-state index is 13.6. The smallest absolute Gasteiger partial charge is 0.278 e. The van der Waals surface area contributed by atoms with Crippen LogP contribution in [0.3, 0.4) is 0 Å². The van der Waals surface area contributed by atoms with E-state index in [2.05, 4.69) is 5.32 Å². The fourth-order valence-electron chi connectivity index (χ4n) is 3.25. The van der Waals surface area contributed by atoms with Gasteiger partial charge in [-0.25, -0.2) is 4.39 Å². The van der Waals surface area contributed by atoms with E-state index in [0.717, 1.165) is 0 Å². The van der Waals surface area contributed by atoms with Crippen LogP contribution in [0.1, 0.15) is 25.8 Å². The van der Waals surface area contributed by atoms with Gasteiger partial charge in [-0.15, -0.1) is 0 Å². The summed E-state index contributed by atoms with van der Waals surface area (Å²) in [6.07, 6.45) is 0.588. The number of halogens is 1. The number of carbonyl (C=O) groups excluding carboxylic acids is 2. The molecule has 7 heteroatoms. The maximum Gasteiger partial charge on any atom is 0.278 e. The van der Waals surface area contributed by atoms with E-state index in [1.54, 1.807) is 30.3 Å². The first-order chi connectivity index (χ1) is 14.4. The Kier molecular flexibility index (Phi) is 6.84. The van der Waals surface area contributed by atoms with Gasteiger partial charge in [-0.2, -0.15) is 0 Å². The summed E-state index contributed by atoms with van der Waals surface area (Å²) in [5.41, 5.74) is 1.17. The maximum atomic E-state index is 13.6. The van der Waals surface area contributed by atoms with Crippen molar-refractivity contribution in [2.24, 2.45) is 0 Å². The zero-order valence-corrected chi connectivity index (χ0v) is 17.3. The highest BCUT2D eigenvalue weighted by Crippen LogP contribution is 2.35. The van der Waals surface area contributed by atoms with Crippen LogP contribution in [0.2, 0.25) is 0 Å². The Hall–Kier alpha value is -3.19. The normalized spacial score (nSPS) is 14.1. The van der Waals surface area contributed by atoms with Gasteiger partial charge >= 0.3 is 0 Å². The van der Waals surface area contributed by atoms with E-state index in [4.69, 9.17) is 9.47 Å². The summed E-state index contributed by atoms with van der Waals surface area (Å²) in [4.78, 5) is 27.5. The highest BCUT2D eigenvalue weighted by Gasteiger charge is 2.39. The number of benzene rings is 2. The van der Waals surface area contributed by atoms with Gasteiger partial charge in [0, 0.05) is 24.4 Å². The first-order valence-corrected chi connectivity index (χ1v) is 9.80. The quantitative estimate of drug-likeness (QED) is 0.501. The number of nitrogens with one attached hydrogen (secondary N) is 1. The van der Waals surface area contributed by atoms with E-state index in [-0.39, 0.29) is 23.9 Å². The summed E-state index contributed by atoms with van der Waals surface area (Å²) in [7, 11) is 1.50. The first kappa shape index (κ1) is 21.5. The molecule has 0 fully saturated rings. The van der Waals surface area contributed by atoms with E-state index in [1.807, 2.05) is 13.8 Å². The molecule has 1 aliphatic rings. The number of anilines is 1. The molecule has 0 saturated heterocycles. The number of ether oxygens (including phenoxy) is 2. The molecule has 1 aliphatic heterocycles. The molecule has 158 valence electrons. The molecule has 0 aliphatic carbocycles. The van der Waals surface area contributed by atoms with E-state index in [1.165, 1.54) is 30.2 Å². The molecule has 3 rings (SSSR count). The summed E-state index contributed by atoms with van der Waals surface area (Å²) < 4.78 is 24.6. The summed E-state index contributed by atoms with van der Waals surface area (Å²) in [5, 5.41) is 2.94. The van der Waals surface area contributed by atoms with E-state index < -0.39 is 17.6 Å². The van der Waals surface area contributed by atoms with Gasteiger partial charge in [0.05, 0.1) is 18.8 Å². The van der Waals surface area contributed by atoms with Gasteiger partial charge in [0.2, 0.25) is 0 Å². The van der Waals surface area contributed by atoms with Crippen molar-refractivity contribution >= 4 is 23.1 Å². The van der Waals surface area contributed by atoms with E-state index in [0.29, 0.717) is 30.0 Å². The summed E-state index contributed by atoms with van der Waals surface area (Å²) in [6.45, 7) is 4.51. The molecule has 2 amide bonds. The molecule has 2 aromatic carbocycles. The second kappa shape index (κ2) is 9.54. The number of nitrogens with zero attached hydrogens (tertiary/aromatic N) is 1. The molecule has 0 aromatic heterocycles. The highest BCUT2D eigenvalue weighted by atomic mass is 19.1. The lowest BCUT2D eigenvalue weighted by Crippen LogP contribution is -2.34. The fraction of sp³-hybridized carbons (Fsp3) is 0.304.